The number of carboxylic acids is 1. The van der Waals surface area contributed by atoms with Crippen molar-refractivity contribution >= 4 is 23.1 Å². The maximum absolute atomic E-state index is 10.9. The summed E-state index contributed by atoms with van der Waals surface area (Å²) in [5, 5.41) is 9.72. The molecule has 0 saturated heterocycles. The highest BCUT2D eigenvalue weighted by Gasteiger charge is 2.17. The number of carbonyl (C=O) groups is 1. The molecule has 148 valence electrons. The summed E-state index contributed by atoms with van der Waals surface area (Å²) in [7, 11) is 0. The molecule has 0 aliphatic heterocycles. The fourth-order valence-corrected chi connectivity index (χ4v) is 3.93. The van der Waals surface area contributed by atoms with Crippen LogP contribution in [0.25, 0.3) is 5.57 Å². The molecule has 28 heavy (non-hydrogen) atoms. The third kappa shape index (κ3) is 5.17. The Bertz CT molecular complexity index is 866. The van der Waals surface area contributed by atoms with Gasteiger partial charge in [-0.1, -0.05) is 43.6 Å². The molecule has 3 rings (SSSR count). The van der Waals surface area contributed by atoms with Crippen LogP contribution >= 0.6 is 11.6 Å². The Morgan fingerprint density at radius 1 is 1.14 bits per heavy atom. The molecule has 0 amide bonds. The predicted octanol–water partition coefficient (Wildman–Crippen LogP) is 6.50. The Balaban J connectivity index is 1.74. The average Bonchev–Trinajstić information content (AvgIpc) is 3.14. The van der Waals surface area contributed by atoms with Crippen LogP contribution in [0.5, 0.6) is 5.75 Å². The summed E-state index contributed by atoms with van der Waals surface area (Å²) in [6, 6.07) is 14.1. The van der Waals surface area contributed by atoms with Crippen molar-refractivity contribution in [1.29, 1.82) is 0 Å². The number of aliphatic carboxylic acids is 1. The Morgan fingerprint density at radius 3 is 2.57 bits per heavy atom. The second-order valence-electron chi connectivity index (χ2n) is 7.64. The predicted molar refractivity (Wildman–Crippen MR) is 114 cm³/mol. The van der Waals surface area contributed by atoms with Crippen molar-refractivity contribution in [3.8, 4) is 5.75 Å². The molecule has 1 aliphatic rings. The Labute approximate surface area is 172 Å². The topological polar surface area (TPSA) is 46.5 Å². The van der Waals surface area contributed by atoms with E-state index >= 15 is 0 Å². The van der Waals surface area contributed by atoms with Gasteiger partial charge >= 0.3 is 5.97 Å². The molecular weight excluding hydrogens is 372 g/mol. The highest BCUT2D eigenvalue weighted by atomic mass is 35.5. The van der Waals surface area contributed by atoms with Gasteiger partial charge in [0.1, 0.15) is 12.4 Å². The largest absolute Gasteiger partial charge is 0.489 e. The molecule has 0 saturated carbocycles. The average molecular weight is 399 g/mol. The van der Waals surface area contributed by atoms with Gasteiger partial charge in [0, 0.05) is 11.4 Å². The van der Waals surface area contributed by atoms with Gasteiger partial charge in [0.25, 0.3) is 0 Å². The molecule has 0 bridgehead atoms. The molecule has 0 fully saturated rings. The van der Waals surface area contributed by atoms with E-state index in [1.165, 1.54) is 16.7 Å². The van der Waals surface area contributed by atoms with Crippen molar-refractivity contribution < 1.29 is 14.6 Å². The second kappa shape index (κ2) is 9.29. The zero-order valence-corrected chi connectivity index (χ0v) is 17.3. The van der Waals surface area contributed by atoms with Gasteiger partial charge in [0.2, 0.25) is 0 Å². The summed E-state index contributed by atoms with van der Waals surface area (Å²) < 4.78 is 6.14. The van der Waals surface area contributed by atoms with Crippen molar-refractivity contribution in [2.75, 3.05) is 6.61 Å². The summed E-state index contributed by atoms with van der Waals surface area (Å²) in [6.45, 7) is 4.84. The third-order valence-electron chi connectivity index (χ3n) is 5.29. The second-order valence-corrected chi connectivity index (χ2v) is 8.08. The quantitative estimate of drug-likeness (QED) is 0.552. The van der Waals surface area contributed by atoms with Gasteiger partial charge < -0.3 is 9.84 Å². The molecule has 0 unspecified atom stereocenters. The zero-order valence-electron chi connectivity index (χ0n) is 16.5. The molecule has 0 radical (unpaired) electrons. The number of hydrogen-bond acceptors (Lipinski definition) is 2. The minimum absolute atomic E-state index is 0.150. The maximum atomic E-state index is 10.9. The van der Waals surface area contributed by atoms with Crippen LogP contribution in [0, 0.1) is 0 Å². The SMILES string of the molecule is CC(C)c1cc(OCC2=C(c3ccc(Cl)cc3)CCC2)ccc1CCC(=O)O. The van der Waals surface area contributed by atoms with Gasteiger partial charge in [0.15, 0.2) is 0 Å². The van der Waals surface area contributed by atoms with Crippen LogP contribution in [0.1, 0.15) is 62.1 Å². The number of ether oxygens (including phenoxy) is 1. The van der Waals surface area contributed by atoms with Gasteiger partial charge in [-0.2, -0.15) is 0 Å². The van der Waals surface area contributed by atoms with Crippen LogP contribution in [0.2, 0.25) is 5.02 Å². The van der Waals surface area contributed by atoms with E-state index in [1.54, 1.807) is 0 Å². The molecule has 0 heterocycles. The molecule has 1 N–H and O–H groups in total. The Hall–Kier alpha value is -2.26. The zero-order chi connectivity index (χ0) is 20.1. The standard InChI is InChI=1S/C24H27ClO3/c1-16(2)23-14-21(12-8-18(23)9-13-24(26)27)28-15-19-4-3-5-22(19)17-6-10-20(25)11-7-17/h6-8,10-12,14,16H,3-5,9,13,15H2,1-2H3,(H,26,27). The molecular formula is C24H27ClO3. The fraction of sp³-hybridized carbons (Fsp3) is 0.375. The number of aryl methyl sites for hydroxylation is 1. The lowest BCUT2D eigenvalue weighted by Crippen LogP contribution is -2.05. The lowest BCUT2D eigenvalue weighted by molar-refractivity contribution is -0.136. The molecule has 0 atom stereocenters. The van der Waals surface area contributed by atoms with Crippen molar-refractivity contribution in [3.05, 3.63) is 69.8 Å². The number of allylic oxidation sites excluding steroid dienone is 1. The van der Waals surface area contributed by atoms with Crippen molar-refractivity contribution in [2.24, 2.45) is 0 Å². The van der Waals surface area contributed by atoms with Crippen molar-refractivity contribution in [1.82, 2.24) is 0 Å². The number of hydrogen-bond donors (Lipinski definition) is 1. The molecule has 1 aliphatic carbocycles. The van der Waals surface area contributed by atoms with Crippen LogP contribution < -0.4 is 4.74 Å². The number of carboxylic acid groups (broad SMARTS) is 1. The van der Waals surface area contributed by atoms with Gasteiger partial charge in [-0.3, -0.25) is 4.79 Å². The number of halogens is 1. The van der Waals surface area contributed by atoms with E-state index in [2.05, 4.69) is 32.0 Å². The fourth-order valence-electron chi connectivity index (χ4n) is 3.81. The van der Waals surface area contributed by atoms with E-state index in [4.69, 9.17) is 21.4 Å². The minimum Gasteiger partial charge on any atom is -0.489 e. The summed E-state index contributed by atoms with van der Waals surface area (Å²) in [4.78, 5) is 10.9. The highest BCUT2D eigenvalue weighted by Crippen LogP contribution is 2.35. The van der Waals surface area contributed by atoms with E-state index in [-0.39, 0.29) is 6.42 Å². The first kappa shape index (κ1) is 20.5. The van der Waals surface area contributed by atoms with Gasteiger partial charge in [-0.25, -0.2) is 0 Å². The number of benzene rings is 2. The van der Waals surface area contributed by atoms with E-state index in [9.17, 15) is 4.79 Å². The van der Waals surface area contributed by atoms with Crippen LogP contribution in [0.3, 0.4) is 0 Å². The molecule has 3 nitrogen and oxygen atoms in total. The van der Waals surface area contributed by atoms with Crippen LogP contribution in [-0.2, 0) is 11.2 Å². The first-order chi connectivity index (χ1) is 13.4. The van der Waals surface area contributed by atoms with E-state index in [0.717, 1.165) is 41.2 Å². The Kier molecular flexibility index (Phi) is 6.79. The van der Waals surface area contributed by atoms with Crippen molar-refractivity contribution in [2.45, 2.75) is 51.9 Å². The van der Waals surface area contributed by atoms with E-state index in [0.29, 0.717) is 18.9 Å². The summed E-state index contributed by atoms with van der Waals surface area (Å²) in [5.74, 6) is 0.401. The molecule has 2 aromatic carbocycles. The molecule has 4 heteroatoms. The summed E-state index contributed by atoms with van der Waals surface area (Å²) in [6.07, 6.45) is 3.99. The number of rotatable bonds is 8. The Morgan fingerprint density at radius 2 is 1.89 bits per heavy atom. The first-order valence-corrected chi connectivity index (χ1v) is 10.3. The summed E-state index contributed by atoms with van der Waals surface area (Å²) in [5.41, 5.74) is 6.21. The van der Waals surface area contributed by atoms with Crippen LogP contribution in [0.4, 0.5) is 0 Å². The lowest BCUT2D eigenvalue weighted by Gasteiger charge is -2.16. The van der Waals surface area contributed by atoms with Crippen molar-refractivity contribution in [3.63, 3.8) is 0 Å². The highest BCUT2D eigenvalue weighted by molar-refractivity contribution is 6.30. The minimum atomic E-state index is -0.766. The first-order valence-electron chi connectivity index (χ1n) is 9.88. The maximum Gasteiger partial charge on any atom is 0.303 e. The van der Waals surface area contributed by atoms with Gasteiger partial charge in [-0.15, -0.1) is 0 Å². The molecule has 0 spiro atoms. The summed E-state index contributed by atoms with van der Waals surface area (Å²) >= 11 is 6.02. The normalized spacial score (nSPS) is 14.0. The van der Waals surface area contributed by atoms with Gasteiger partial charge in [0.05, 0.1) is 0 Å². The smallest absolute Gasteiger partial charge is 0.303 e. The molecule has 2 aromatic rings. The third-order valence-corrected chi connectivity index (χ3v) is 5.54. The van der Waals surface area contributed by atoms with E-state index in [1.807, 2.05) is 24.3 Å². The monoisotopic (exact) mass is 398 g/mol. The van der Waals surface area contributed by atoms with Crippen LogP contribution in [0.15, 0.2) is 48.0 Å². The molecule has 0 aromatic heterocycles. The lowest BCUT2D eigenvalue weighted by atomic mass is 9.94. The van der Waals surface area contributed by atoms with Crippen LogP contribution in [-0.4, -0.2) is 17.7 Å². The van der Waals surface area contributed by atoms with Gasteiger partial charge in [-0.05, 0) is 83.7 Å². The van der Waals surface area contributed by atoms with E-state index < -0.39 is 5.97 Å².